The lowest BCUT2D eigenvalue weighted by molar-refractivity contribution is -0.918. The highest BCUT2D eigenvalue weighted by atomic mass is 79.9. The van der Waals surface area contributed by atoms with Gasteiger partial charge < -0.3 is 4.90 Å². The van der Waals surface area contributed by atoms with Crippen molar-refractivity contribution in [2.45, 2.75) is 6.54 Å². The molecule has 128 valence electrons. The summed E-state index contributed by atoms with van der Waals surface area (Å²) in [5.74, 6) is 0. The molecule has 2 heterocycles. The summed E-state index contributed by atoms with van der Waals surface area (Å²) in [6.07, 6.45) is 1.98. The van der Waals surface area contributed by atoms with Crippen molar-refractivity contribution < 1.29 is 4.90 Å². The standard InChI is InChI=1S/C20H20BrN3S/c21-20-9-8-18(25-20)14-22-24-12-10-23(11-13-24)15-17-6-3-5-16-4-1-2-7-19(16)17/h1-9,14H,10-13,15H2/p+1. The number of halogens is 1. The van der Waals surface area contributed by atoms with Gasteiger partial charge >= 0.3 is 0 Å². The zero-order chi connectivity index (χ0) is 17.1. The molecule has 1 N–H and O–H groups in total. The molecule has 0 saturated carbocycles. The number of nitrogens with one attached hydrogen (secondary N) is 1. The van der Waals surface area contributed by atoms with E-state index in [-0.39, 0.29) is 0 Å². The van der Waals surface area contributed by atoms with Gasteiger partial charge in [0.2, 0.25) is 0 Å². The van der Waals surface area contributed by atoms with Gasteiger partial charge in [0.15, 0.2) is 0 Å². The van der Waals surface area contributed by atoms with Gasteiger partial charge in [0.05, 0.1) is 36.2 Å². The Bertz CT molecular complexity index is 876. The normalized spacial score (nSPS) is 16.1. The largest absolute Gasteiger partial charge is 0.328 e. The van der Waals surface area contributed by atoms with E-state index in [1.165, 1.54) is 21.2 Å². The average Bonchev–Trinajstić information content (AvgIpc) is 3.07. The first-order chi connectivity index (χ1) is 12.3. The Balaban J connectivity index is 1.36. The number of fused-ring (bicyclic) bond motifs is 1. The van der Waals surface area contributed by atoms with Crippen LogP contribution in [0.4, 0.5) is 0 Å². The topological polar surface area (TPSA) is 20.0 Å². The van der Waals surface area contributed by atoms with E-state index in [9.17, 15) is 0 Å². The summed E-state index contributed by atoms with van der Waals surface area (Å²) in [5, 5.41) is 9.57. The van der Waals surface area contributed by atoms with Crippen LogP contribution in [0.2, 0.25) is 0 Å². The number of quaternary nitrogens is 1. The molecule has 0 spiro atoms. The maximum absolute atomic E-state index is 4.64. The summed E-state index contributed by atoms with van der Waals surface area (Å²) >= 11 is 5.21. The van der Waals surface area contributed by atoms with E-state index < -0.39 is 0 Å². The molecule has 1 saturated heterocycles. The Morgan fingerprint density at radius 3 is 2.64 bits per heavy atom. The third-order valence-corrected chi connectivity index (χ3v) is 6.27. The van der Waals surface area contributed by atoms with Crippen molar-refractivity contribution in [3.8, 4) is 0 Å². The van der Waals surface area contributed by atoms with Crippen LogP contribution in [0, 0.1) is 0 Å². The fraction of sp³-hybridized carbons (Fsp3) is 0.250. The van der Waals surface area contributed by atoms with E-state index in [0.717, 1.165) is 36.5 Å². The Morgan fingerprint density at radius 1 is 1.04 bits per heavy atom. The van der Waals surface area contributed by atoms with E-state index in [4.69, 9.17) is 0 Å². The van der Waals surface area contributed by atoms with Crippen LogP contribution >= 0.6 is 27.3 Å². The van der Waals surface area contributed by atoms with Crippen LogP contribution in [0.15, 0.2) is 63.5 Å². The molecule has 1 fully saturated rings. The van der Waals surface area contributed by atoms with Crippen molar-refractivity contribution >= 4 is 44.3 Å². The minimum atomic E-state index is 1.02. The van der Waals surface area contributed by atoms with Gasteiger partial charge in [0, 0.05) is 10.4 Å². The zero-order valence-corrected chi connectivity index (χ0v) is 16.4. The highest BCUT2D eigenvalue weighted by molar-refractivity contribution is 9.11. The molecule has 3 aromatic rings. The average molecular weight is 415 g/mol. The second-order valence-corrected chi connectivity index (χ2v) is 8.90. The molecule has 0 radical (unpaired) electrons. The summed E-state index contributed by atoms with van der Waals surface area (Å²) in [7, 11) is 0. The van der Waals surface area contributed by atoms with Gasteiger partial charge in [0.1, 0.15) is 6.54 Å². The summed E-state index contributed by atoms with van der Waals surface area (Å²) < 4.78 is 1.15. The van der Waals surface area contributed by atoms with Gasteiger partial charge in [-0.25, -0.2) is 0 Å². The van der Waals surface area contributed by atoms with Crippen molar-refractivity contribution in [3.05, 3.63) is 68.8 Å². The van der Waals surface area contributed by atoms with Crippen LogP contribution in [0.5, 0.6) is 0 Å². The highest BCUT2D eigenvalue weighted by Crippen LogP contribution is 2.20. The maximum atomic E-state index is 4.64. The van der Waals surface area contributed by atoms with Crippen LogP contribution in [0.1, 0.15) is 10.4 Å². The molecule has 4 rings (SSSR count). The first-order valence-corrected chi connectivity index (χ1v) is 10.2. The molecule has 1 aromatic heterocycles. The van der Waals surface area contributed by atoms with Crippen LogP contribution < -0.4 is 4.90 Å². The number of benzene rings is 2. The summed E-state index contributed by atoms with van der Waals surface area (Å²) in [4.78, 5) is 2.83. The Hall–Kier alpha value is -1.69. The SMILES string of the molecule is Brc1ccc(C=NN2CC[NH+](Cc3cccc4ccccc34)CC2)s1. The Morgan fingerprint density at radius 2 is 1.84 bits per heavy atom. The monoisotopic (exact) mass is 414 g/mol. The smallest absolute Gasteiger partial charge is 0.104 e. The van der Waals surface area contributed by atoms with Crippen LogP contribution in [-0.4, -0.2) is 37.4 Å². The number of hydrazone groups is 1. The molecule has 1 aliphatic heterocycles. The molecule has 25 heavy (non-hydrogen) atoms. The van der Waals surface area contributed by atoms with E-state index >= 15 is 0 Å². The fourth-order valence-electron chi connectivity index (χ4n) is 3.36. The second-order valence-electron chi connectivity index (χ2n) is 6.41. The van der Waals surface area contributed by atoms with E-state index in [0.29, 0.717) is 0 Å². The minimum Gasteiger partial charge on any atom is -0.328 e. The first-order valence-electron chi connectivity index (χ1n) is 8.62. The van der Waals surface area contributed by atoms with Crippen molar-refractivity contribution in [1.29, 1.82) is 0 Å². The van der Waals surface area contributed by atoms with Crippen LogP contribution in [0.3, 0.4) is 0 Å². The Kier molecular flexibility index (Phi) is 5.15. The van der Waals surface area contributed by atoms with E-state index in [2.05, 4.69) is 80.6 Å². The van der Waals surface area contributed by atoms with Gasteiger partial charge in [0.25, 0.3) is 0 Å². The molecule has 5 heteroatoms. The van der Waals surface area contributed by atoms with Crippen LogP contribution in [0.25, 0.3) is 10.8 Å². The molecule has 0 atom stereocenters. The lowest BCUT2D eigenvalue weighted by Crippen LogP contribution is -3.13. The molecular formula is C20H21BrN3S+. The van der Waals surface area contributed by atoms with Crippen LogP contribution in [-0.2, 0) is 6.54 Å². The van der Waals surface area contributed by atoms with Gasteiger partial charge in [-0.15, -0.1) is 11.3 Å². The fourth-order valence-corrected chi connectivity index (χ4v) is 4.65. The molecular weight excluding hydrogens is 394 g/mol. The summed E-state index contributed by atoms with van der Waals surface area (Å²) in [6, 6.07) is 19.5. The molecule has 0 aliphatic carbocycles. The van der Waals surface area contributed by atoms with Gasteiger partial charge in [-0.1, -0.05) is 42.5 Å². The van der Waals surface area contributed by atoms with Gasteiger partial charge in [-0.05, 0) is 38.8 Å². The number of thiophene rings is 1. The number of hydrogen-bond donors (Lipinski definition) is 1. The predicted octanol–water partition coefficient (Wildman–Crippen LogP) is 3.40. The number of hydrogen-bond acceptors (Lipinski definition) is 3. The van der Waals surface area contributed by atoms with E-state index in [1.54, 1.807) is 16.2 Å². The molecule has 3 nitrogen and oxygen atoms in total. The highest BCUT2D eigenvalue weighted by Gasteiger charge is 2.19. The minimum absolute atomic E-state index is 1.02. The number of nitrogens with zero attached hydrogens (tertiary/aromatic N) is 2. The quantitative estimate of drug-likeness (QED) is 0.648. The third kappa shape index (κ3) is 4.11. The number of piperazine rings is 1. The second kappa shape index (κ2) is 7.68. The number of rotatable bonds is 4. The zero-order valence-electron chi connectivity index (χ0n) is 14.0. The molecule has 0 bridgehead atoms. The molecule has 0 unspecified atom stereocenters. The Labute approximate surface area is 160 Å². The van der Waals surface area contributed by atoms with Crippen molar-refractivity contribution in [1.82, 2.24) is 5.01 Å². The molecule has 2 aromatic carbocycles. The first kappa shape index (κ1) is 16.8. The third-order valence-electron chi connectivity index (χ3n) is 4.71. The lowest BCUT2D eigenvalue weighted by Gasteiger charge is -2.30. The van der Waals surface area contributed by atoms with Gasteiger partial charge in [-0.3, -0.25) is 5.01 Å². The summed E-state index contributed by atoms with van der Waals surface area (Å²) in [6.45, 7) is 5.40. The van der Waals surface area contributed by atoms with Crippen molar-refractivity contribution in [2.24, 2.45) is 5.10 Å². The lowest BCUT2D eigenvalue weighted by atomic mass is 10.0. The van der Waals surface area contributed by atoms with E-state index in [1.807, 2.05) is 6.21 Å². The maximum Gasteiger partial charge on any atom is 0.104 e. The van der Waals surface area contributed by atoms with Gasteiger partial charge in [-0.2, -0.15) is 5.10 Å². The summed E-state index contributed by atoms with van der Waals surface area (Å²) in [5.41, 5.74) is 1.45. The predicted molar refractivity (Wildman–Crippen MR) is 110 cm³/mol. The van der Waals surface area contributed by atoms with Crippen molar-refractivity contribution in [3.63, 3.8) is 0 Å². The molecule has 1 aliphatic rings. The molecule has 0 amide bonds. The van der Waals surface area contributed by atoms with Crippen molar-refractivity contribution in [2.75, 3.05) is 26.2 Å².